The molecule has 0 unspecified atom stereocenters. The molecule has 22 heavy (non-hydrogen) atoms. The Balaban J connectivity index is 2.25. The van der Waals surface area contributed by atoms with Crippen LogP contribution in [0, 0.1) is 27.7 Å². The highest BCUT2D eigenvalue weighted by molar-refractivity contribution is 5.79. The van der Waals surface area contributed by atoms with Crippen molar-refractivity contribution >= 4 is 0 Å². The molecule has 0 saturated heterocycles. The van der Waals surface area contributed by atoms with Gasteiger partial charge in [0.05, 0.1) is 18.2 Å². The smallest absolute Gasteiger partial charge is 0.0948 e. The summed E-state index contributed by atoms with van der Waals surface area (Å²) in [4.78, 5) is 8.88. The molecule has 0 fully saturated rings. The zero-order valence-electron chi connectivity index (χ0n) is 13.8. The summed E-state index contributed by atoms with van der Waals surface area (Å²) in [5.74, 6) is 0. The van der Waals surface area contributed by atoms with Gasteiger partial charge < -0.3 is 4.57 Å². The molecule has 3 aromatic rings. The van der Waals surface area contributed by atoms with Crippen LogP contribution in [0.15, 0.2) is 36.8 Å². The first kappa shape index (κ1) is 14.5. The van der Waals surface area contributed by atoms with E-state index in [9.17, 15) is 0 Å². The van der Waals surface area contributed by atoms with Gasteiger partial charge >= 0.3 is 0 Å². The van der Waals surface area contributed by atoms with Crippen LogP contribution in [0.5, 0.6) is 0 Å². The zero-order valence-corrected chi connectivity index (χ0v) is 13.8. The summed E-state index contributed by atoms with van der Waals surface area (Å²) in [5, 5.41) is 0. The Kier molecular flexibility index (Phi) is 3.57. The van der Waals surface area contributed by atoms with Gasteiger partial charge in [-0.1, -0.05) is 18.2 Å². The largest absolute Gasteiger partial charge is 0.334 e. The molecule has 0 saturated carbocycles. The van der Waals surface area contributed by atoms with Crippen LogP contribution < -0.4 is 0 Å². The topological polar surface area (TPSA) is 30.7 Å². The van der Waals surface area contributed by atoms with Crippen LogP contribution in [0.2, 0.25) is 0 Å². The van der Waals surface area contributed by atoms with E-state index in [-0.39, 0.29) is 0 Å². The maximum Gasteiger partial charge on any atom is 0.0948 e. The van der Waals surface area contributed by atoms with Gasteiger partial charge in [-0.05, 0) is 50.5 Å². The lowest BCUT2D eigenvalue weighted by molar-refractivity contribution is 0.920. The molecule has 112 valence electrons. The molecule has 3 rings (SSSR count). The maximum atomic E-state index is 4.64. The van der Waals surface area contributed by atoms with Crippen molar-refractivity contribution < 1.29 is 0 Å². The number of rotatable bonds is 2. The van der Waals surface area contributed by atoms with E-state index in [4.69, 9.17) is 0 Å². The predicted molar refractivity (Wildman–Crippen MR) is 90.8 cm³/mol. The molecule has 1 aromatic carbocycles. The first-order valence-electron chi connectivity index (χ1n) is 7.50. The summed E-state index contributed by atoms with van der Waals surface area (Å²) in [6.07, 6.45) is 3.75. The molecule has 2 aromatic heterocycles. The van der Waals surface area contributed by atoms with E-state index in [1.165, 1.54) is 27.8 Å². The summed E-state index contributed by atoms with van der Waals surface area (Å²) in [6, 6.07) is 8.60. The molecule has 3 heteroatoms. The van der Waals surface area contributed by atoms with Crippen molar-refractivity contribution in [2.45, 2.75) is 27.7 Å². The normalized spacial score (nSPS) is 11.0. The number of aryl methyl sites for hydroxylation is 4. The van der Waals surface area contributed by atoms with Gasteiger partial charge in [-0.15, -0.1) is 0 Å². The summed E-state index contributed by atoms with van der Waals surface area (Å²) < 4.78 is 2.05. The SMILES string of the molecule is Cc1cc(C)c(-c2cccc(-c3cncn3C)c2C)c(C)n1. The summed E-state index contributed by atoms with van der Waals surface area (Å²) >= 11 is 0. The Labute approximate surface area is 131 Å². The highest BCUT2D eigenvalue weighted by atomic mass is 15.0. The van der Waals surface area contributed by atoms with Gasteiger partial charge in [0.2, 0.25) is 0 Å². The van der Waals surface area contributed by atoms with Crippen molar-refractivity contribution in [2.24, 2.45) is 7.05 Å². The van der Waals surface area contributed by atoms with Gasteiger partial charge in [-0.25, -0.2) is 4.98 Å². The second kappa shape index (κ2) is 5.41. The van der Waals surface area contributed by atoms with E-state index in [0.717, 1.165) is 17.1 Å². The average molecular weight is 291 g/mol. The third-order valence-electron chi connectivity index (χ3n) is 4.22. The van der Waals surface area contributed by atoms with Crippen LogP contribution in [0.1, 0.15) is 22.5 Å². The van der Waals surface area contributed by atoms with E-state index in [1.54, 1.807) is 0 Å². The molecule has 0 N–H and O–H groups in total. The second-order valence-electron chi connectivity index (χ2n) is 5.91. The van der Waals surface area contributed by atoms with E-state index >= 15 is 0 Å². The summed E-state index contributed by atoms with van der Waals surface area (Å²) in [7, 11) is 2.03. The molecule has 3 nitrogen and oxygen atoms in total. The Bertz CT molecular complexity index is 821. The number of benzene rings is 1. The standard InChI is InChI=1S/C19H21N3/c1-12-9-13(2)21-15(4)19(12)17-8-6-7-16(14(17)3)18-10-20-11-22(18)5/h6-11H,1-5H3. The molecule has 0 aliphatic heterocycles. The van der Waals surface area contributed by atoms with Gasteiger partial charge in [-0.3, -0.25) is 4.98 Å². The van der Waals surface area contributed by atoms with Crippen molar-refractivity contribution in [3.05, 3.63) is 59.3 Å². The van der Waals surface area contributed by atoms with E-state index in [0.29, 0.717) is 0 Å². The molecule has 0 atom stereocenters. The Morgan fingerprint density at radius 1 is 1.00 bits per heavy atom. The van der Waals surface area contributed by atoms with Crippen LogP contribution >= 0.6 is 0 Å². The minimum absolute atomic E-state index is 1.07. The van der Waals surface area contributed by atoms with Crippen LogP contribution in [0.25, 0.3) is 22.4 Å². The van der Waals surface area contributed by atoms with Crippen LogP contribution in [0.4, 0.5) is 0 Å². The van der Waals surface area contributed by atoms with E-state index in [2.05, 4.69) is 59.6 Å². The first-order valence-corrected chi connectivity index (χ1v) is 7.50. The monoisotopic (exact) mass is 291 g/mol. The average Bonchev–Trinajstić information content (AvgIpc) is 2.86. The predicted octanol–water partition coefficient (Wildman–Crippen LogP) is 4.38. The van der Waals surface area contributed by atoms with Crippen LogP contribution in [0.3, 0.4) is 0 Å². The van der Waals surface area contributed by atoms with Gasteiger partial charge in [-0.2, -0.15) is 0 Å². The van der Waals surface area contributed by atoms with Crippen molar-refractivity contribution in [3.8, 4) is 22.4 Å². The lowest BCUT2D eigenvalue weighted by atomic mass is 9.91. The van der Waals surface area contributed by atoms with Gasteiger partial charge in [0, 0.05) is 29.6 Å². The first-order chi connectivity index (χ1) is 10.5. The van der Waals surface area contributed by atoms with E-state index < -0.39 is 0 Å². The van der Waals surface area contributed by atoms with Crippen LogP contribution in [-0.2, 0) is 7.05 Å². The fraction of sp³-hybridized carbons (Fsp3) is 0.263. The van der Waals surface area contributed by atoms with Gasteiger partial charge in [0.1, 0.15) is 0 Å². The number of hydrogen-bond donors (Lipinski definition) is 0. The molecule has 2 heterocycles. The highest BCUT2D eigenvalue weighted by Gasteiger charge is 2.14. The summed E-state index contributed by atoms with van der Waals surface area (Å²) in [6.45, 7) is 8.47. The fourth-order valence-electron chi connectivity index (χ4n) is 3.23. The van der Waals surface area contributed by atoms with Gasteiger partial charge in [0.25, 0.3) is 0 Å². The number of nitrogens with zero attached hydrogens (tertiary/aromatic N) is 3. The van der Waals surface area contributed by atoms with Crippen molar-refractivity contribution in [1.82, 2.24) is 14.5 Å². The van der Waals surface area contributed by atoms with Crippen LogP contribution in [-0.4, -0.2) is 14.5 Å². The van der Waals surface area contributed by atoms with Crippen molar-refractivity contribution in [1.29, 1.82) is 0 Å². The molecule has 0 aliphatic rings. The minimum atomic E-state index is 1.07. The Morgan fingerprint density at radius 2 is 1.73 bits per heavy atom. The fourth-order valence-corrected chi connectivity index (χ4v) is 3.23. The third-order valence-corrected chi connectivity index (χ3v) is 4.22. The second-order valence-corrected chi connectivity index (χ2v) is 5.91. The lowest BCUT2D eigenvalue weighted by Crippen LogP contribution is -1.98. The maximum absolute atomic E-state index is 4.64. The van der Waals surface area contributed by atoms with Crippen molar-refractivity contribution in [2.75, 3.05) is 0 Å². The zero-order chi connectivity index (χ0) is 15.9. The number of imidazole rings is 1. The molecule has 0 radical (unpaired) electrons. The molecule has 0 spiro atoms. The minimum Gasteiger partial charge on any atom is -0.334 e. The Hall–Kier alpha value is -2.42. The van der Waals surface area contributed by atoms with Crippen molar-refractivity contribution in [3.63, 3.8) is 0 Å². The Morgan fingerprint density at radius 3 is 2.36 bits per heavy atom. The number of aromatic nitrogens is 3. The quantitative estimate of drug-likeness (QED) is 0.701. The van der Waals surface area contributed by atoms with Gasteiger partial charge in [0.15, 0.2) is 0 Å². The highest BCUT2D eigenvalue weighted by Crippen LogP contribution is 2.34. The molecule has 0 aliphatic carbocycles. The lowest BCUT2D eigenvalue weighted by Gasteiger charge is -2.16. The molecule has 0 bridgehead atoms. The van der Waals surface area contributed by atoms with E-state index in [1.807, 2.05) is 26.5 Å². The third kappa shape index (κ3) is 2.33. The molecular weight excluding hydrogens is 270 g/mol. The summed E-state index contributed by atoms with van der Waals surface area (Å²) in [5.41, 5.74) is 9.54. The number of hydrogen-bond acceptors (Lipinski definition) is 2. The molecule has 0 amide bonds. The molecular formula is C19H21N3. The number of pyridine rings is 1.